The first-order valence-electron chi connectivity index (χ1n) is 13.6. The first-order chi connectivity index (χ1) is 18.0. The summed E-state index contributed by atoms with van der Waals surface area (Å²) in [4.78, 5) is 31.5. The Hall–Kier alpha value is -3.19. The molecule has 1 saturated carbocycles. The van der Waals surface area contributed by atoms with Crippen LogP contribution in [-0.2, 0) is 14.4 Å². The Kier molecular flexibility index (Phi) is 9.71. The van der Waals surface area contributed by atoms with Crippen molar-refractivity contribution in [2.75, 3.05) is 13.1 Å². The van der Waals surface area contributed by atoms with Crippen molar-refractivity contribution in [1.29, 1.82) is 0 Å². The number of benzene rings is 2. The molecular formula is C30H39N3O4. The molecule has 0 unspecified atom stereocenters. The summed E-state index contributed by atoms with van der Waals surface area (Å²) >= 11 is 0. The average molecular weight is 506 g/mol. The minimum Gasteiger partial charge on any atom is -0.481 e. The summed E-state index contributed by atoms with van der Waals surface area (Å²) in [7, 11) is 0. The SMILES string of the molecule is N/C(=N\OC(=O)[C@H](CCCC1CCCCC1)CC(=O)O)C1CN(C(c2ccccc2)c2ccccc2)C1. The van der Waals surface area contributed by atoms with E-state index < -0.39 is 17.9 Å². The van der Waals surface area contributed by atoms with Crippen molar-refractivity contribution in [2.24, 2.45) is 28.6 Å². The molecule has 0 bridgehead atoms. The summed E-state index contributed by atoms with van der Waals surface area (Å²) in [6.07, 6.45) is 8.46. The molecule has 0 aromatic heterocycles. The number of carboxylic acids is 1. The molecule has 2 aliphatic rings. The van der Waals surface area contributed by atoms with Crippen LogP contribution in [-0.4, -0.2) is 40.9 Å². The maximum Gasteiger partial charge on any atom is 0.338 e. The van der Waals surface area contributed by atoms with E-state index in [4.69, 9.17) is 10.6 Å². The predicted octanol–water partition coefficient (Wildman–Crippen LogP) is 5.36. The zero-order valence-electron chi connectivity index (χ0n) is 21.5. The maximum atomic E-state index is 12.7. The first kappa shape index (κ1) is 26.9. The van der Waals surface area contributed by atoms with E-state index in [0.717, 1.165) is 12.8 Å². The molecule has 2 fully saturated rings. The monoisotopic (exact) mass is 505 g/mol. The van der Waals surface area contributed by atoms with Crippen LogP contribution in [0.3, 0.4) is 0 Å². The van der Waals surface area contributed by atoms with Gasteiger partial charge in [0.25, 0.3) is 0 Å². The van der Waals surface area contributed by atoms with Gasteiger partial charge in [-0.05, 0) is 23.5 Å². The molecule has 0 radical (unpaired) electrons. The molecule has 2 aromatic carbocycles. The van der Waals surface area contributed by atoms with Gasteiger partial charge in [0.15, 0.2) is 0 Å². The van der Waals surface area contributed by atoms with Gasteiger partial charge in [0.05, 0.1) is 18.4 Å². The van der Waals surface area contributed by atoms with Crippen LogP contribution in [0.1, 0.15) is 75.0 Å². The number of likely N-dealkylation sites (tertiary alicyclic amines) is 1. The number of hydrogen-bond donors (Lipinski definition) is 2. The standard InChI is InChI=1S/C30H39N3O4/c31-29(32-37-30(36)25(19-27(34)35)18-10-13-22-11-4-1-5-12-22)26-20-33(21-26)28(23-14-6-2-7-15-23)24-16-8-3-9-17-24/h2-3,6-9,14-17,22,25-26,28H,1,4-5,10-13,18-21H2,(H2,31,32)(H,34,35)/t25-/m1/s1. The quantitative estimate of drug-likeness (QED) is 0.174. The van der Waals surface area contributed by atoms with E-state index in [1.165, 1.54) is 43.2 Å². The fourth-order valence-corrected chi connectivity index (χ4v) is 5.68. The number of amidine groups is 1. The van der Waals surface area contributed by atoms with Gasteiger partial charge in [-0.1, -0.05) is 111 Å². The largest absolute Gasteiger partial charge is 0.481 e. The van der Waals surface area contributed by atoms with Crippen molar-refractivity contribution in [3.8, 4) is 0 Å². The molecule has 1 saturated heterocycles. The number of nitrogens with two attached hydrogens (primary N) is 1. The topological polar surface area (TPSA) is 105 Å². The zero-order valence-corrected chi connectivity index (χ0v) is 21.5. The molecule has 1 aliphatic heterocycles. The van der Waals surface area contributed by atoms with Crippen LogP contribution in [0.25, 0.3) is 0 Å². The molecule has 1 atom stereocenters. The Labute approximate surface area is 219 Å². The Morgan fingerprint density at radius 3 is 2.14 bits per heavy atom. The van der Waals surface area contributed by atoms with Gasteiger partial charge in [-0.3, -0.25) is 9.69 Å². The lowest BCUT2D eigenvalue weighted by Gasteiger charge is -2.44. The number of carbonyl (C=O) groups excluding carboxylic acids is 1. The maximum absolute atomic E-state index is 12.7. The van der Waals surface area contributed by atoms with Crippen LogP contribution in [0.4, 0.5) is 0 Å². The minimum atomic E-state index is -1.00. The van der Waals surface area contributed by atoms with Gasteiger partial charge in [-0.2, -0.15) is 0 Å². The zero-order chi connectivity index (χ0) is 26.0. The van der Waals surface area contributed by atoms with E-state index in [9.17, 15) is 14.7 Å². The van der Waals surface area contributed by atoms with E-state index in [1.54, 1.807) is 0 Å². The lowest BCUT2D eigenvalue weighted by atomic mass is 9.84. The number of carbonyl (C=O) groups is 2. The predicted molar refractivity (Wildman–Crippen MR) is 144 cm³/mol. The highest BCUT2D eigenvalue weighted by atomic mass is 16.7. The first-order valence-corrected chi connectivity index (χ1v) is 13.6. The number of oxime groups is 1. The van der Waals surface area contributed by atoms with Crippen molar-refractivity contribution in [3.05, 3.63) is 71.8 Å². The fraction of sp³-hybridized carbons (Fsp3) is 0.500. The number of rotatable bonds is 12. The molecule has 1 aliphatic carbocycles. The summed E-state index contributed by atoms with van der Waals surface area (Å²) in [5, 5.41) is 13.2. The Morgan fingerprint density at radius 1 is 0.973 bits per heavy atom. The van der Waals surface area contributed by atoms with Crippen molar-refractivity contribution in [2.45, 2.75) is 63.8 Å². The van der Waals surface area contributed by atoms with Gasteiger partial charge in [0.2, 0.25) is 0 Å². The van der Waals surface area contributed by atoms with Crippen LogP contribution >= 0.6 is 0 Å². The number of carboxylic acid groups (broad SMARTS) is 1. The molecule has 0 amide bonds. The van der Waals surface area contributed by atoms with Gasteiger partial charge < -0.3 is 15.7 Å². The van der Waals surface area contributed by atoms with Crippen molar-refractivity contribution in [1.82, 2.24) is 4.90 Å². The Bertz CT molecular complexity index is 992. The molecule has 1 heterocycles. The third-order valence-electron chi connectivity index (χ3n) is 7.81. The molecule has 37 heavy (non-hydrogen) atoms. The molecule has 7 heteroatoms. The van der Waals surface area contributed by atoms with Crippen molar-refractivity contribution >= 4 is 17.8 Å². The highest BCUT2D eigenvalue weighted by molar-refractivity contribution is 5.85. The molecule has 2 aromatic rings. The second-order valence-corrected chi connectivity index (χ2v) is 10.5. The van der Waals surface area contributed by atoms with E-state index in [2.05, 4.69) is 34.3 Å². The van der Waals surface area contributed by atoms with Crippen LogP contribution in [0.15, 0.2) is 65.8 Å². The Morgan fingerprint density at radius 2 is 1.57 bits per heavy atom. The smallest absolute Gasteiger partial charge is 0.338 e. The van der Waals surface area contributed by atoms with E-state index >= 15 is 0 Å². The van der Waals surface area contributed by atoms with E-state index in [1.807, 2.05) is 36.4 Å². The van der Waals surface area contributed by atoms with Gasteiger partial charge in [-0.25, -0.2) is 4.79 Å². The second-order valence-electron chi connectivity index (χ2n) is 10.5. The second kappa shape index (κ2) is 13.4. The third kappa shape index (κ3) is 7.65. The molecule has 0 spiro atoms. The molecule has 4 rings (SSSR count). The third-order valence-corrected chi connectivity index (χ3v) is 7.81. The highest BCUT2D eigenvalue weighted by Crippen LogP contribution is 2.34. The van der Waals surface area contributed by atoms with Crippen molar-refractivity contribution in [3.63, 3.8) is 0 Å². The van der Waals surface area contributed by atoms with Crippen molar-refractivity contribution < 1.29 is 19.5 Å². The van der Waals surface area contributed by atoms with E-state index in [-0.39, 0.29) is 24.2 Å². The average Bonchev–Trinajstić information content (AvgIpc) is 2.89. The normalized spacial score (nSPS) is 18.4. The van der Waals surface area contributed by atoms with Crippen LogP contribution in [0.2, 0.25) is 0 Å². The lowest BCUT2D eigenvalue weighted by Crippen LogP contribution is -2.54. The number of aliphatic carboxylic acids is 1. The van der Waals surface area contributed by atoms with Gasteiger partial charge in [-0.15, -0.1) is 0 Å². The molecule has 7 nitrogen and oxygen atoms in total. The van der Waals surface area contributed by atoms with Crippen LogP contribution in [0, 0.1) is 17.8 Å². The summed E-state index contributed by atoms with van der Waals surface area (Å²) in [5.41, 5.74) is 8.61. The molecule has 198 valence electrons. The molecular weight excluding hydrogens is 466 g/mol. The lowest BCUT2D eigenvalue weighted by molar-refractivity contribution is -0.153. The summed E-state index contributed by atoms with van der Waals surface area (Å²) in [6, 6.07) is 20.8. The summed E-state index contributed by atoms with van der Waals surface area (Å²) in [5.74, 6) is -1.35. The summed E-state index contributed by atoms with van der Waals surface area (Å²) < 4.78 is 0. The molecule has 3 N–H and O–H groups in total. The summed E-state index contributed by atoms with van der Waals surface area (Å²) in [6.45, 7) is 1.39. The Balaban J connectivity index is 1.30. The fourth-order valence-electron chi connectivity index (χ4n) is 5.68. The minimum absolute atomic E-state index is 0.0213. The van der Waals surface area contributed by atoms with Crippen LogP contribution in [0.5, 0.6) is 0 Å². The number of hydrogen-bond acceptors (Lipinski definition) is 5. The van der Waals surface area contributed by atoms with Gasteiger partial charge in [0, 0.05) is 19.0 Å². The van der Waals surface area contributed by atoms with Gasteiger partial charge in [0.1, 0.15) is 5.84 Å². The number of nitrogens with zero attached hydrogens (tertiary/aromatic N) is 2. The highest BCUT2D eigenvalue weighted by Gasteiger charge is 2.36. The van der Waals surface area contributed by atoms with Crippen LogP contribution < -0.4 is 5.73 Å². The van der Waals surface area contributed by atoms with Gasteiger partial charge >= 0.3 is 11.9 Å². The van der Waals surface area contributed by atoms with E-state index in [0.29, 0.717) is 25.4 Å².